The average Bonchev–Trinajstić information content (AvgIpc) is 2.83. The number of likely N-dealkylation sites (tertiary alicyclic amines) is 1. The topological polar surface area (TPSA) is 24.3 Å². The van der Waals surface area contributed by atoms with Crippen molar-refractivity contribution < 1.29 is 0 Å². The van der Waals surface area contributed by atoms with Crippen LogP contribution in [0.15, 0.2) is 18.2 Å². The number of benzene rings is 1. The van der Waals surface area contributed by atoms with Gasteiger partial charge in [-0.2, -0.15) is 5.10 Å². The lowest BCUT2D eigenvalue weighted by molar-refractivity contribution is 0.255. The number of nitrogens with zero attached hydrogens (tertiary/aromatic N) is 4. The first kappa shape index (κ1) is 14.5. The highest BCUT2D eigenvalue weighted by Gasteiger charge is 2.55. The molecule has 0 N–H and O–H groups in total. The number of hydrogen-bond acceptors (Lipinski definition) is 3. The second-order valence-corrected chi connectivity index (χ2v) is 7.56. The molecule has 1 aliphatic heterocycles. The SMILES string of the molecule is CN(C)CC1[C@H]2CN(Cc3nn(C)c4cccc(Cl)c34)C[C@@H]12. The molecular weight excluding hydrogens is 296 g/mol. The molecule has 2 fully saturated rings. The van der Waals surface area contributed by atoms with Gasteiger partial charge in [-0.25, -0.2) is 0 Å². The predicted molar refractivity (Wildman–Crippen MR) is 90.0 cm³/mol. The molecule has 4 rings (SSSR count). The standard InChI is InChI=1S/C17H23ClN4/c1-20(2)7-11-12-8-22(9-13(11)12)10-15-17-14(18)5-4-6-16(17)21(3)19-15/h4-6,11-13H,7-10H2,1-3H3/t11?,12-,13+. The van der Waals surface area contributed by atoms with E-state index in [2.05, 4.69) is 30.0 Å². The van der Waals surface area contributed by atoms with Crippen molar-refractivity contribution in [3.05, 3.63) is 28.9 Å². The van der Waals surface area contributed by atoms with E-state index < -0.39 is 0 Å². The Labute approximate surface area is 136 Å². The van der Waals surface area contributed by atoms with Gasteiger partial charge in [0.1, 0.15) is 0 Å². The summed E-state index contributed by atoms with van der Waals surface area (Å²) in [7, 11) is 6.35. The maximum Gasteiger partial charge on any atom is 0.0858 e. The Kier molecular flexibility index (Phi) is 3.44. The van der Waals surface area contributed by atoms with Gasteiger partial charge >= 0.3 is 0 Å². The largest absolute Gasteiger partial charge is 0.309 e. The van der Waals surface area contributed by atoms with Crippen molar-refractivity contribution in [3.8, 4) is 0 Å². The van der Waals surface area contributed by atoms with Gasteiger partial charge in [0, 0.05) is 38.6 Å². The van der Waals surface area contributed by atoms with Gasteiger partial charge in [0.25, 0.3) is 0 Å². The summed E-state index contributed by atoms with van der Waals surface area (Å²) in [6, 6.07) is 6.04. The highest BCUT2D eigenvalue weighted by atomic mass is 35.5. The Hall–Kier alpha value is -1.10. The number of halogens is 1. The van der Waals surface area contributed by atoms with E-state index in [-0.39, 0.29) is 0 Å². The van der Waals surface area contributed by atoms with Gasteiger partial charge in [0.2, 0.25) is 0 Å². The third kappa shape index (κ3) is 2.34. The summed E-state index contributed by atoms with van der Waals surface area (Å²) in [4.78, 5) is 4.87. The zero-order valence-corrected chi connectivity index (χ0v) is 14.2. The molecule has 0 spiro atoms. The van der Waals surface area contributed by atoms with Crippen LogP contribution in [0.4, 0.5) is 0 Å². The van der Waals surface area contributed by atoms with E-state index in [1.54, 1.807) is 0 Å². The molecule has 1 aliphatic carbocycles. The first-order valence-corrected chi connectivity index (χ1v) is 8.39. The van der Waals surface area contributed by atoms with Crippen LogP contribution >= 0.6 is 11.6 Å². The summed E-state index contributed by atoms with van der Waals surface area (Å²) in [6.45, 7) is 4.58. The highest BCUT2D eigenvalue weighted by molar-refractivity contribution is 6.35. The summed E-state index contributed by atoms with van der Waals surface area (Å²) < 4.78 is 1.95. The fourth-order valence-corrected chi connectivity index (χ4v) is 4.51. The molecule has 1 saturated heterocycles. The van der Waals surface area contributed by atoms with Crippen molar-refractivity contribution in [2.75, 3.05) is 33.7 Å². The van der Waals surface area contributed by atoms with Crippen LogP contribution in [0.3, 0.4) is 0 Å². The quantitative estimate of drug-likeness (QED) is 0.865. The monoisotopic (exact) mass is 318 g/mol. The molecule has 1 unspecified atom stereocenters. The third-order valence-corrected chi connectivity index (χ3v) is 5.61. The summed E-state index contributed by atoms with van der Waals surface area (Å²) >= 11 is 6.40. The Bertz CT molecular complexity index is 696. The van der Waals surface area contributed by atoms with E-state index in [1.165, 1.54) is 19.6 Å². The second-order valence-electron chi connectivity index (χ2n) is 7.15. The molecule has 0 bridgehead atoms. The maximum atomic E-state index is 6.40. The zero-order chi connectivity index (χ0) is 15.4. The zero-order valence-electron chi connectivity index (χ0n) is 13.5. The Morgan fingerprint density at radius 1 is 1.27 bits per heavy atom. The predicted octanol–water partition coefficient (Wildman–Crippen LogP) is 2.47. The van der Waals surface area contributed by atoms with E-state index in [0.717, 1.165) is 45.9 Å². The lowest BCUT2D eigenvalue weighted by atomic mass is 10.2. The molecule has 3 atom stereocenters. The molecule has 22 heavy (non-hydrogen) atoms. The summed E-state index contributed by atoms with van der Waals surface area (Å²) in [6.07, 6.45) is 0. The fraction of sp³-hybridized carbons (Fsp3) is 0.588. The first-order chi connectivity index (χ1) is 10.5. The molecule has 1 saturated carbocycles. The van der Waals surface area contributed by atoms with Crippen LogP contribution in [-0.2, 0) is 13.6 Å². The van der Waals surface area contributed by atoms with Crippen molar-refractivity contribution in [2.24, 2.45) is 24.8 Å². The van der Waals surface area contributed by atoms with Gasteiger partial charge in [0.05, 0.1) is 16.2 Å². The number of piperidine rings is 1. The van der Waals surface area contributed by atoms with E-state index in [1.807, 2.05) is 23.9 Å². The van der Waals surface area contributed by atoms with Crippen molar-refractivity contribution in [3.63, 3.8) is 0 Å². The second kappa shape index (κ2) is 5.22. The summed E-state index contributed by atoms with van der Waals surface area (Å²) in [5.74, 6) is 2.70. The lowest BCUT2D eigenvalue weighted by Crippen LogP contribution is -2.27. The van der Waals surface area contributed by atoms with Crippen LogP contribution in [0.2, 0.25) is 5.02 Å². The van der Waals surface area contributed by atoms with Gasteiger partial charge in [-0.3, -0.25) is 9.58 Å². The van der Waals surface area contributed by atoms with Crippen LogP contribution in [0.5, 0.6) is 0 Å². The van der Waals surface area contributed by atoms with E-state index in [0.29, 0.717) is 0 Å². The van der Waals surface area contributed by atoms with Crippen molar-refractivity contribution in [1.29, 1.82) is 0 Å². The molecule has 0 amide bonds. The molecule has 2 heterocycles. The minimum Gasteiger partial charge on any atom is -0.309 e. The molecule has 118 valence electrons. The Balaban J connectivity index is 1.48. The minimum atomic E-state index is 0.815. The van der Waals surface area contributed by atoms with E-state index in [9.17, 15) is 0 Å². The van der Waals surface area contributed by atoms with Crippen LogP contribution in [0.25, 0.3) is 10.9 Å². The van der Waals surface area contributed by atoms with Gasteiger partial charge in [-0.05, 0) is 44.0 Å². The molecular formula is C17H23ClN4. The van der Waals surface area contributed by atoms with Gasteiger partial charge in [-0.15, -0.1) is 0 Å². The van der Waals surface area contributed by atoms with E-state index >= 15 is 0 Å². The fourth-order valence-electron chi connectivity index (χ4n) is 4.23. The summed E-state index contributed by atoms with van der Waals surface area (Å²) in [5, 5.41) is 6.64. The number of fused-ring (bicyclic) bond motifs is 2. The minimum absolute atomic E-state index is 0.815. The van der Waals surface area contributed by atoms with Crippen LogP contribution in [0, 0.1) is 17.8 Å². The molecule has 2 aromatic rings. The average molecular weight is 319 g/mol. The maximum absolute atomic E-state index is 6.40. The summed E-state index contributed by atoms with van der Waals surface area (Å²) in [5.41, 5.74) is 2.24. The van der Waals surface area contributed by atoms with Crippen LogP contribution < -0.4 is 0 Å². The van der Waals surface area contributed by atoms with Crippen molar-refractivity contribution >= 4 is 22.5 Å². The molecule has 1 aromatic heterocycles. The smallest absolute Gasteiger partial charge is 0.0858 e. The van der Waals surface area contributed by atoms with Gasteiger partial charge in [-0.1, -0.05) is 17.7 Å². The first-order valence-electron chi connectivity index (χ1n) is 8.02. The Morgan fingerprint density at radius 2 is 2.00 bits per heavy atom. The van der Waals surface area contributed by atoms with Gasteiger partial charge in [0.15, 0.2) is 0 Å². The van der Waals surface area contributed by atoms with Crippen LogP contribution in [0.1, 0.15) is 5.69 Å². The molecule has 5 heteroatoms. The number of rotatable bonds is 4. The Morgan fingerprint density at radius 3 is 2.68 bits per heavy atom. The van der Waals surface area contributed by atoms with Crippen LogP contribution in [-0.4, -0.2) is 53.3 Å². The lowest BCUT2D eigenvalue weighted by Gasteiger charge is -2.19. The van der Waals surface area contributed by atoms with Crippen molar-refractivity contribution in [1.82, 2.24) is 19.6 Å². The molecule has 4 nitrogen and oxygen atoms in total. The molecule has 0 radical (unpaired) electrons. The number of aryl methyl sites for hydroxylation is 1. The van der Waals surface area contributed by atoms with Crippen molar-refractivity contribution in [2.45, 2.75) is 6.54 Å². The van der Waals surface area contributed by atoms with Gasteiger partial charge < -0.3 is 4.90 Å². The third-order valence-electron chi connectivity index (χ3n) is 5.30. The van der Waals surface area contributed by atoms with E-state index in [4.69, 9.17) is 16.7 Å². The highest BCUT2D eigenvalue weighted by Crippen LogP contribution is 2.52. The number of hydrogen-bond donors (Lipinski definition) is 0. The molecule has 1 aromatic carbocycles. The normalized spacial score (nSPS) is 27.8. The number of aromatic nitrogens is 2. The molecule has 2 aliphatic rings.